The number of nitrogens with one attached hydrogen (secondary N) is 1. The highest BCUT2D eigenvalue weighted by Gasteiger charge is 2.25. The van der Waals surface area contributed by atoms with Crippen LogP contribution >= 0.6 is 0 Å². The number of hydrogen-bond donors (Lipinski definition) is 1. The van der Waals surface area contributed by atoms with Crippen molar-refractivity contribution in [1.82, 2.24) is 5.32 Å². The van der Waals surface area contributed by atoms with Gasteiger partial charge in [0.1, 0.15) is 6.04 Å². The Morgan fingerprint density at radius 2 is 1.35 bits per heavy atom. The predicted octanol–water partition coefficient (Wildman–Crippen LogP) is 3.54. The van der Waals surface area contributed by atoms with Crippen molar-refractivity contribution in [1.29, 1.82) is 0 Å². The van der Waals surface area contributed by atoms with Crippen LogP contribution in [0.25, 0.3) is 0 Å². The van der Waals surface area contributed by atoms with Gasteiger partial charge >= 0.3 is 5.97 Å². The summed E-state index contributed by atoms with van der Waals surface area (Å²) in [6.07, 6.45) is 0.819. The smallest absolute Gasteiger partial charge is 0.329 e. The standard InChI is InChI=1S/C22H27NO3/c1-16(2)26-22(25)20(15-19-12-8-5-9-13-19)23-21(24)17(3)14-18-10-6-4-7-11-18/h4-13,16-17,20H,14-15H2,1-3H3,(H,23,24). The molecule has 0 aliphatic heterocycles. The van der Waals surface area contributed by atoms with Gasteiger partial charge in [-0.1, -0.05) is 67.6 Å². The molecular formula is C22H27NO3. The average molecular weight is 353 g/mol. The molecule has 26 heavy (non-hydrogen) atoms. The van der Waals surface area contributed by atoms with Gasteiger partial charge in [-0.3, -0.25) is 4.79 Å². The van der Waals surface area contributed by atoms with E-state index in [1.165, 1.54) is 0 Å². The van der Waals surface area contributed by atoms with Crippen molar-refractivity contribution in [3.63, 3.8) is 0 Å². The number of benzene rings is 2. The lowest BCUT2D eigenvalue weighted by molar-refractivity contribution is -0.151. The van der Waals surface area contributed by atoms with Crippen molar-refractivity contribution >= 4 is 11.9 Å². The number of ether oxygens (including phenoxy) is 1. The molecule has 1 amide bonds. The average Bonchev–Trinajstić information content (AvgIpc) is 2.62. The highest BCUT2D eigenvalue weighted by atomic mass is 16.5. The van der Waals surface area contributed by atoms with E-state index in [4.69, 9.17) is 4.74 Å². The van der Waals surface area contributed by atoms with Gasteiger partial charge in [-0.05, 0) is 31.4 Å². The summed E-state index contributed by atoms with van der Waals surface area (Å²) in [4.78, 5) is 25.1. The summed E-state index contributed by atoms with van der Waals surface area (Å²) in [6, 6.07) is 18.8. The topological polar surface area (TPSA) is 55.4 Å². The van der Waals surface area contributed by atoms with Gasteiger partial charge in [-0.25, -0.2) is 4.79 Å². The summed E-state index contributed by atoms with van der Waals surface area (Å²) >= 11 is 0. The van der Waals surface area contributed by atoms with Crippen molar-refractivity contribution in [3.05, 3.63) is 71.8 Å². The summed E-state index contributed by atoms with van der Waals surface area (Å²) in [5.74, 6) is -0.776. The summed E-state index contributed by atoms with van der Waals surface area (Å²) < 4.78 is 5.33. The van der Waals surface area contributed by atoms with Crippen LogP contribution in [-0.4, -0.2) is 24.0 Å². The second-order valence-electron chi connectivity index (χ2n) is 6.83. The molecule has 4 heteroatoms. The van der Waals surface area contributed by atoms with Crippen LogP contribution in [0.5, 0.6) is 0 Å². The highest BCUT2D eigenvalue weighted by molar-refractivity contribution is 5.86. The molecule has 0 saturated carbocycles. The van der Waals surface area contributed by atoms with Crippen molar-refractivity contribution < 1.29 is 14.3 Å². The Balaban J connectivity index is 2.04. The second kappa shape index (κ2) is 9.76. The normalized spacial score (nSPS) is 13.1. The monoisotopic (exact) mass is 353 g/mol. The van der Waals surface area contributed by atoms with Crippen LogP contribution in [0.15, 0.2) is 60.7 Å². The maximum absolute atomic E-state index is 12.6. The largest absolute Gasteiger partial charge is 0.461 e. The summed E-state index contributed by atoms with van der Waals surface area (Å²) in [6.45, 7) is 5.48. The zero-order valence-electron chi connectivity index (χ0n) is 15.6. The molecule has 0 aromatic heterocycles. The zero-order chi connectivity index (χ0) is 18.9. The van der Waals surface area contributed by atoms with Crippen molar-refractivity contribution in [3.8, 4) is 0 Å². The van der Waals surface area contributed by atoms with E-state index in [0.717, 1.165) is 11.1 Å². The first-order valence-corrected chi connectivity index (χ1v) is 9.04. The maximum atomic E-state index is 12.6. The molecule has 0 heterocycles. The van der Waals surface area contributed by atoms with E-state index in [0.29, 0.717) is 12.8 Å². The number of esters is 1. The molecule has 4 nitrogen and oxygen atoms in total. The van der Waals surface area contributed by atoms with E-state index in [-0.39, 0.29) is 17.9 Å². The fourth-order valence-electron chi connectivity index (χ4n) is 2.73. The van der Waals surface area contributed by atoms with Gasteiger partial charge in [0.15, 0.2) is 0 Å². The zero-order valence-corrected chi connectivity index (χ0v) is 15.6. The molecule has 2 aromatic rings. The molecule has 2 unspecified atom stereocenters. The Labute approximate surface area is 155 Å². The molecular weight excluding hydrogens is 326 g/mol. The lowest BCUT2D eigenvalue weighted by Crippen LogP contribution is -2.46. The minimum atomic E-state index is -0.689. The number of amides is 1. The Kier molecular flexibility index (Phi) is 7.39. The fourth-order valence-corrected chi connectivity index (χ4v) is 2.73. The van der Waals surface area contributed by atoms with E-state index in [1.54, 1.807) is 13.8 Å². The van der Waals surface area contributed by atoms with Gasteiger partial charge in [0.2, 0.25) is 5.91 Å². The minimum Gasteiger partial charge on any atom is -0.461 e. The molecule has 0 aliphatic carbocycles. The van der Waals surface area contributed by atoms with Crippen LogP contribution in [0.3, 0.4) is 0 Å². The van der Waals surface area contributed by atoms with E-state index < -0.39 is 12.0 Å². The van der Waals surface area contributed by atoms with Gasteiger partial charge in [0, 0.05) is 12.3 Å². The Morgan fingerprint density at radius 3 is 1.85 bits per heavy atom. The Hall–Kier alpha value is -2.62. The molecule has 2 aromatic carbocycles. The molecule has 1 N–H and O–H groups in total. The van der Waals surface area contributed by atoms with Crippen LogP contribution in [0.1, 0.15) is 31.9 Å². The molecule has 2 rings (SSSR count). The van der Waals surface area contributed by atoms with Gasteiger partial charge in [-0.2, -0.15) is 0 Å². The molecule has 0 aliphatic rings. The summed E-state index contributed by atoms with van der Waals surface area (Å²) in [7, 11) is 0. The van der Waals surface area contributed by atoms with Crippen LogP contribution in [0.4, 0.5) is 0 Å². The van der Waals surface area contributed by atoms with E-state index in [1.807, 2.05) is 67.6 Å². The van der Waals surface area contributed by atoms with Gasteiger partial charge in [-0.15, -0.1) is 0 Å². The highest BCUT2D eigenvalue weighted by Crippen LogP contribution is 2.11. The third kappa shape index (κ3) is 6.36. The van der Waals surface area contributed by atoms with E-state index >= 15 is 0 Å². The van der Waals surface area contributed by atoms with Crippen molar-refractivity contribution in [2.75, 3.05) is 0 Å². The van der Waals surface area contributed by atoms with Gasteiger partial charge in [0.05, 0.1) is 6.10 Å². The van der Waals surface area contributed by atoms with Crippen molar-refractivity contribution in [2.45, 2.75) is 45.8 Å². The summed E-state index contributed by atoms with van der Waals surface area (Å²) in [5, 5.41) is 2.88. The van der Waals surface area contributed by atoms with E-state index in [9.17, 15) is 9.59 Å². The lowest BCUT2D eigenvalue weighted by atomic mass is 9.99. The van der Waals surface area contributed by atoms with E-state index in [2.05, 4.69) is 5.32 Å². The third-order valence-corrected chi connectivity index (χ3v) is 4.07. The van der Waals surface area contributed by atoms with Crippen LogP contribution in [-0.2, 0) is 27.2 Å². The Morgan fingerprint density at radius 1 is 0.846 bits per heavy atom. The number of rotatable bonds is 8. The van der Waals surface area contributed by atoms with Crippen LogP contribution in [0.2, 0.25) is 0 Å². The first-order valence-electron chi connectivity index (χ1n) is 9.04. The lowest BCUT2D eigenvalue weighted by Gasteiger charge is -2.21. The molecule has 0 spiro atoms. The SMILES string of the molecule is CC(C)OC(=O)C(Cc1ccccc1)NC(=O)C(C)Cc1ccccc1. The summed E-state index contributed by atoms with van der Waals surface area (Å²) in [5.41, 5.74) is 2.08. The maximum Gasteiger partial charge on any atom is 0.329 e. The fraction of sp³-hybridized carbons (Fsp3) is 0.364. The Bertz CT molecular complexity index is 698. The first kappa shape index (κ1) is 19.7. The van der Waals surface area contributed by atoms with Crippen molar-refractivity contribution in [2.24, 2.45) is 5.92 Å². The second-order valence-corrected chi connectivity index (χ2v) is 6.83. The molecule has 0 radical (unpaired) electrons. The third-order valence-electron chi connectivity index (χ3n) is 4.07. The van der Waals surface area contributed by atoms with Gasteiger partial charge in [0.25, 0.3) is 0 Å². The number of carbonyl (C=O) groups excluding carboxylic acids is 2. The van der Waals surface area contributed by atoms with Crippen LogP contribution < -0.4 is 5.32 Å². The molecule has 0 bridgehead atoms. The molecule has 0 saturated heterocycles. The number of carbonyl (C=O) groups is 2. The minimum absolute atomic E-state index is 0.143. The molecule has 0 fully saturated rings. The molecule has 138 valence electrons. The predicted molar refractivity (Wildman–Crippen MR) is 103 cm³/mol. The molecule has 2 atom stereocenters. The number of hydrogen-bond acceptors (Lipinski definition) is 3. The first-order chi connectivity index (χ1) is 12.5. The van der Waals surface area contributed by atoms with Gasteiger partial charge < -0.3 is 10.1 Å². The quantitative estimate of drug-likeness (QED) is 0.739. The van der Waals surface area contributed by atoms with Crippen LogP contribution in [0, 0.1) is 5.92 Å².